The van der Waals surface area contributed by atoms with Crippen molar-refractivity contribution >= 4 is 5.82 Å². The number of nitrogens with two attached hydrogens (primary N) is 1. The molecule has 0 fully saturated rings. The molecule has 96 valence electrons. The molecular weight excluding hydrogens is 226 g/mol. The van der Waals surface area contributed by atoms with Crippen molar-refractivity contribution in [3.8, 4) is 16.9 Å². The number of nitrogen functional groups attached to an aromatic ring is 1. The van der Waals surface area contributed by atoms with Gasteiger partial charge in [0.25, 0.3) is 0 Å². The summed E-state index contributed by atoms with van der Waals surface area (Å²) in [4.78, 5) is 0. The van der Waals surface area contributed by atoms with Crippen LogP contribution in [0.25, 0.3) is 11.1 Å². The SMILES string of the molecule is COc1c(C)cc(C)cc1-c1c(N)nn(C)c1C. The molecule has 0 atom stereocenters. The predicted octanol–water partition coefficient (Wildman–Crippen LogP) is 2.60. The molecular formula is C14H19N3O. The average molecular weight is 245 g/mol. The average Bonchev–Trinajstić information content (AvgIpc) is 2.52. The Hall–Kier alpha value is -1.97. The van der Waals surface area contributed by atoms with Crippen molar-refractivity contribution < 1.29 is 4.74 Å². The predicted molar refractivity (Wildman–Crippen MR) is 73.8 cm³/mol. The molecule has 4 nitrogen and oxygen atoms in total. The molecule has 2 rings (SSSR count). The lowest BCUT2D eigenvalue weighted by Crippen LogP contribution is -1.96. The van der Waals surface area contributed by atoms with E-state index in [9.17, 15) is 0 Å². The molecule has 0 bridgehead atoms. The molecule has 0 aliphatic carbocycles. The fourth-order valence-corrected chi connectivity index (χ4v) is 2.38. The summed E-state index contributed by atoms with van der Waals surface area (Å²) in [6, 6.07) is 4.19. The van der Waals surface area contributed by atoms with E-state index < -0.39 is 0 Å². The van der Waals surface area contributed by atoms with Gasteiger partial charge in [0.2, 0.25) is 0 Å². The van der Waals surface area contributed by atoms with E-state index in [0.29, 0.717) is 5.82 Å². The Morgan fingerprint density at radius 3 is 2.39 bits per heavy atom. The number of nitrogens with zero attached hydrogens (tertiary/aromatic N) is 2. The quantitative estimate of drug-likeness (QED) is 0.884. The van der Waals surface area contributed by atoms with Crippen molar-refractivity contribution in [2.45, 2.75) is 20.8 Å². The number of methoxy groups -OCH3 is 1. The van der Waals surface area contributed by atoms with Crippen LogP contribution in [0.5, 0.6) is 5.75 Å². The summed E-state index contributed by atoms with van der Waals surface area (Å²) in [5, 5.41) is 4.26. The van der Waals surface area contributed by atoms with Gasteiger partial charge in [0.05, 0.1) is 12.7 Å². The van der Waals surface area contributed by atoms with Crippen LogP contribution in [0.3, 0.4) is 0 Å². The van der Waals surface area contributed by atoms with Gasteiger partial charge in [0.1, 0.15) is 5.75 Å². The second-order valence-electron chi connectivity index (χ2n) is 4.63. The second kappa shape index (κ2) is 4.37. The largest absolute Gasteiger partial charge is 0.496 e. The number of anilines is 1. The van der Waals surface area contributed by atoms with Gasteiger partial charge in [0.15, 0.2) is 5.82 Å². The van der Waals surface area contributed by atoms with E-state index in [2.05, 4.69) is 24.2 Å². The summed E-state index contributed by atoms with van der Waals surface area (Å²) in [5.74, 6) is 1.40. The lowest BCUT2D eigenvalue weighted by Gasteiger charge is -2.13. The van der Waals surface area contributed by atoms with Crippen LogP contribution in [0.1, 0.15) is 16.8 Å². The molecule has 1 aromatic heterocycles. The summed E-state index contributed by atoms with van der Waals surface area (Å²) in [6.45, 7) is 6.12. The molecule has 0 spiro atoms. The molecule has 0 aliphatic rings. The number of benzene rings is 1. The van der Waals surface area contributed by atoms with Crippen LogP contribution in [-0.4, -0.2) is 16.9 Å². The zero-order valence-corrected chi connectivity index (χ0v) is 11.5. The smallest absolute Gasteiger partial charge is 0.153 e. The molecule has 0 radical (unpaired) electrons. The van der Waals surface area contributed by atoms with Gasteiger partial charge in [-0.15, -0.1) is 0 Å². The molecule has 1 aromatic carbocycles. The molecule has 1 heterocycles. The zero-order chi connectivity index (χ0) is 13.4. The topological polar surface area (TPSA) is 53.1 Å². The number of aryl methyl sites for hydroxylation is 3. The summed E-state index contributed by atoms with van der Waals surface area (Å²) < 4.78 is 7.31. The Labute approximate surface area is 107 Å². The molecule has 18 heavy (non-hydrogen) atoms. The normalized spacial score (nSPS) is 10.7. The number of aromatic nitrogens is 2. The number of rotatable bonds is 2. The monoisotopic (exact) mass is 245 g/mol. The Bertz CT molecular complexity index is 600. The van der Waals surface area contributed by atoms with Gasteiger partial charge in [-0.25, -0.2) is 0 Å². The van der Waals surface area contributed by atoms with E-state index in [0.717, 1.165) is 28.1 Å². The van der Waals surface area contributed by atoms with E-state index in [4.69, 9.17) is 10.5 Å². The highest BCUT2D eigenvalue weighted by Gasteiger charge is 2.18. The highest BCUT2D eigenvalue weighted by atomic mass is 16.5. The lowest BCUT2D eigenvalue weighted by molar-refractivity contribution is 0.413. The van der Waals surface area contributed by atoms with Gasteiger partial charge < -0.3 is 10.5 Å². The van der Waals surface area contributed by atoms with Crippen LogP contribution in [-0.2, 0) is 7.05 Å². The van der Waals surface area contributed by atoms with Crippen LogP contribution in [0, 0.1) is 20.8 Å². The third-order valence-electron chi connectivity index (χ3n) is 3.25. The van der Waals surface area contributed by atoms with Gasteiger partial charge in [-0.3, -0.25) is 4.68 Å². The van der Waals surface area contributed by atoms with Crippen molar-refractivity contribution in [2.24, 2.45) is 7.05 Å². The van der Waals surface area contributed by atoms with Gasteiger partial charge in [-0.1, -0.05) is 6.07 Å². The highest BCUT2D eigenvalue weighted by Crippen LogP contribution is 2.38. The maximum Gasteiger partial charge on any atom is 0.153 e. The minimum Gasteiger partial charge on any atom is -0.496 e. The van der Waals surface area contributed by atoms with E-state index in [-0.39, 0.29) is 0 Å². The fraction of sp³-hybridized carbons (Fsp3) is 0.357. The minimum absolute atomic E-state index is 0.540. The molecule has 2 N–H and O–H groups in total. The first-order valence-electron chi connectivity index (χ1n) is 5.90. The molecule has 0 unspecified atom stereocenters. The van der Waals surface area contributed by atoms with Crippen LogP contribution in [0.4, 0.5) is 5.82 Å². The number of hydrogen-bond donors (Lipinski definition) is 1. The summed E-state index contributed by atoms with van der Waals surface area (Å²) in [6.07, 6.45) is 0. The highest BCUT2D eigenvalue weighted by molar-refractivity contribution is 5.82. The molecule has 2 aromatic rings. The van der Waals surface area contributed by atoms with Crippen molar-refractivity contribution in [2.75, 3.05) is 12.8 Å². The Balaban J connectivity index is 2.78. The van der Waals surface area contributed by atoms with Crippen LogP contribution < -0.4 is 10.5 Å². The Kier molecular flexibility index (Phi) is 3.03. The van der Waals surface area contributed by atoms with E-state index in [1.807, 2.05) is 20.9 Å². The molecule has 0 saturated heterocycles. The summed E-state index contributed by atoms with van der Waals surface area (Å²) >= 11 is 0. The molecule has 0 amide bonds. The first-order valence-corrected chi connectivity index (χ1v) is 5.90. The maximum absolute atomic E-state index is 6.01. The van der Waals surface area contributed by atoms with Crippen molar-refractivity contribution in [3.05, 3.63) is 29.0 Å². The summed E-state index contributed by atoms with van der Waals surface area (Å²) in [5.41, 5.74) is 11.3. The van der Waals surface area contributed by atoms with Gasteiger partial charge in [-0.2, -0.15) is 5.10 Å². The molecule has 0 saturated carbocycles. The molecule has 0 aliphatic heterocycles. The number of hydrogen-bond acceptors (Lipinski definition) is 3. The van der Waals surface area contributed by atoms with Gasteiger partial charge in [0, 0.05) is 18.3 Å². The van der Waals surface area contributed by atoms with Crippen molar-refractivity contribution in [3.63, 3.8) is 0 Å². The van der Waals surface area contributed by atoms with Crippen LogP contribution in [0.15, 0.2) is 12.1 Å². The van der Waals surface area contributed by atoms with Gasteiger partial charge >= 0.3 is 0 Å². The van der Waals surface area contributed by atoms with Crippen molar-refractivity contribution in [1.29, 1.82) is 0 Å². The summed E-state index contributed by atoms with van der Waals surface area (Å²) in [7, 11) is 3.58. The van der Waals surface area contributed by atoms with Crippen LogP contribution >= 0.6 is 0 Å². The zero-order valence-electron chi connectivity index (χ0n) is 11.5. The van der Waals surface area contributed by atoms with Crippen LogP contribution in [0.2, 0.25) is 0 Å². The fourth-order valence-electron chi connectivity index (χ4n) is 2.38. The minimum atomic E-state index is 0.540. The maximum atomic E-state index is 6.01. The van der Waals surface area contributed by atoms with Gasteiger partial charge in [-0.05, 0) is 38.0 Å². The number of ether oxygens (including phenoxy) is 1. The molecule has 4 heteroatoms. The Morgan fingerprint density at radius 1 is 1.22 bits per heavy atom. The van der Waals surface area contributed by atoms with Crippen molar-refractivity contribution in [1.82, 2.24) is 9.78 Å². The first kappa shape index (κ1) is 12.5. The lowest BCUT2D eigenvalue weighted by atomic mass is 9.99. The Morgan fingerprint density at radius 2 is 1.89 bits per heavy atom. The standard InChI is InChI=1S/C14H19N3O/c1-8-6-9(2)13(18-5)11(7-8)12-10(3)17(4)16-14(12)15/h6-7H,1-5H3,(H2,15,16). The third-order valence-corrected chi connectivity index (χ3v) is 3.25. The second-order valence-corrected chi connectivity index (χ2v) is 4.63. The first-order chi connectivity index (χ1) is 8.45. The van der Waals surface area contributed by atoms with E-state index in [1.165, 1.54) is 5.56 Å². The van der Waals surface area contributed by atoms with E-state index in [1.54, 1.807) is 11.8 Å². The van der Waals surface area contributed by atoms with E-state index >= 15 is 0 Å². The third kappa shape index (κ3) is 1.83.